The molecule has 3 aromatic carbocycles. The Hall–Kier alpha value is -3.96. The van der Waals surface area contributed by atoms with Gasteiger partial charge in [-0.25, -0.2) is 13.2 Å². The number of esters is 1. The molecule has 1 N–H and O–H groups in total. The second-order valence-electron chi connectivity index (χ2n) is 8.48. The lowest BCUT2D eigenvalue weighted by molar-refractivity contribution is -0.118. The Morgan fingerprint density at radius 3 is 2.38 bits per heavy atom. The zero-order valence-corrected chi connectivity index (χ0v) is 23.1. The number of carbonyl (C=O) groups excluding carboxylic acids is 2. The molecule has 12 heteroatoms. The number of benzene rings is 3. The first-order valence-corrected chi connectivity index (χ1v) is 13.7. The van der Waals surface area contributed by atoms with Crippen molar-refractivity contribution in [2.24, 2.45) is 0 Å². The molecule has 10 nitrogen and oxygen atoms in total. The van der Waals surface area contributed by atoms with Gasteiger partial charge in [0.25, 0.3) is 15.9 Å². The van der Waals surface area contributed by atoms with Crippen LogP contribution in [0, 0.1) is 0 Å². The maximum absolute atomic E-state index is 13.4. The molecule has 4 rings (SSSR count). The molecule has 0 unspecified atom stereocenters. The fourth-order valence-electron chi connectivity index (χ4n) is 4.23. The van der Waals surface area contributed by atoms with Crippen LogP contribution in [0.15, 0.2) is 59.5 Å². The molecule has 3 aromatic rings. The second-order valence-corrected chi connectivity index (χ2v) is 10.8. The van der Waals surface area contributed by atoms with E-state index in [0.29, 0.717) is 18.7 Å². The number of halogens is 1. The Bertz CT molecular complexity index is 1510. The van der Waals surface area contributed by atoms with Crippen molar-refractivity contribution >= 4 is 44.9 Å². The van der Waals surface area contributed by atoms with E-state index in [2.05, 4.69) is 5.32 Å². The number of anilines is 2. The zero-order chi connectivity index (χ0) is 28.2. The van der Waals surface area contributed by atoms with Gasteiger partial charge in [0.05, 0.1) is 48.2 Å². The predicted octanol–water partition coefficient (Wildman–Crippen LogP) is 4.30. The first-order valence-electron chi connectivity index (χ1n) is 11.9. The van der Waals surface area contributed by atoms with Crippen molar-refractivity contribution < 1.29 is 37.0 Å². The smallest absolute Gasteiger partial charge is 0.340 e. The Morgan fingerprint density at radius 1 is 0.974 bits per heavy atom. The molecule has 0 atom stereocenters. The minimum Gasteiger partial charge on any atom is -0.493 e. The standard InChI is InChI=1S/C27H27ClN2O8S/c1-35-24-14-19(27(32)37-3)21(15-25(24)36-2)29-26(31)16-38-23-11-10-18(13-20(23)28)39(33,34)30-12-6-8-17-7-4-5-9-22(17)30/h4-5,7,9-11,13-15H,6,8,12,16H2,1-3H3,(H,29,31). The number of amides is 1. The number of ether oxygens (including phenoxy) is 4. The van der Waals surface area contributed by atoms with Gasteiger partial charge in [-0.1, -0.05) is 29.8 Å². The third-order valence-corrected chi connectivity index (χ3v) is 8.23. The van der Waals surface area contributed by atoms with Crippen molar-refractivity contribution in [3.8, 4) is 17.2 Å². The Morgan fingerprint density at radius 2 is 1.69 bits per heavy atom. The van der Waals surface area contributed by atoms with Gasteiger partial charge >= 0.3 is 5.97 Å². The summed E-state index contributed by atoms with van der Waals surface area (Å²) in [5.74, 6) is -0.613. The third-order valence-electron chi connectivity index (χ3n) is 6.12. The summed E-state index contributed by atoms with van der Waals surface area (Å²) >= 11 is 6.35. The van der Waals surface area contributed by atoms with Crippen molar-refractivity contribution in [3.05, 3.63) is 70.7 Å². The largest absolute Gasteiger partial charge is 0.493 e. The van der Waals surface area contributed by atoms with E-state index in [1.165, 1.54) is 56.0 Å². The number of sulfonamides is 1. The summed E-state index contributed by atoms with van der Waals surface area (Å²) in [7, 11) is 0.176. The topological polar surface area (TPSA) is 120 Å². The monoisotopic (exact) mass is 574 g/mol. The van der Waals surface area contributed by atoms with Gasteiger partial charge < -0.3 is 24.3 Å². The van der Waals surface area contributed by atoms with Crippen LogP contribution in [0.1, 0.15) is 22.3 Å². The van der Waals surface area contributed by atoms with Gasteiger partial charge in [0, 0.05) is 18.7 Å². The van der Waals surface area contributed by atoms with E-state index < -0.39 is 28.5 Å². The number of hydrogen-bond donors (Lipinski definition) is 1. The highest BCUT2D eigenvalue weighted by atomic mass is 35.5. The number of methoxy groups -OCH3 is 3. The van der Waals surface area contributed by atoms with Gasteiger partial charge in [-0.15, -0.1) is 0 Å². The van der Waals surface area contributed by atoms with E-state index in [1.807, 2.05) is 12.1 Å². The van der Waals surface area contributed by atoms with E-state index in [-0.39, 0.29) is 38.4 Å². The molecular weight excluding hydrogens is 548 g/mol. The van der Waals surface area contributed by atoms with Crippen molar-refractivity contribution in [1.29, 1.82) is 0 Å². The number of rotatable bonds is 9. The molecule has 0 fully saturated rings. The summed E-state index contributed by atoms with van der Waals surface area (Å²) in [6.45, 7) is -0.112. The third kappa shape index (κ3) is 5.89. The maximum Gasteiger partial charge on any atom is 0.340 e. The number of nitrogens with one attached hydrogen (secondary N) is 1. The van der Waals surface area contributed by atoms with Crippen LogP contribution >= 0.6 is 11.6 Å². The molecule has 0 aliphatic carbocycles. The number of hydrogen-bond acceptors (Lipinski definition) is 8. The van der Waals surface area contributed by atoms with Gasteiger partial charge in [0.2, 0.25) is 0 Å². The van der Waals surface area contributed by atoms with E-state index in [4.69, 9.17) is 30.5 Å². The average Bonchev–Trinajstić information content (AvgIpc) is 2.95. The minimum atomic E-state index is -3.87. The average molecular weight is 575 g/mol. The molecule has 1 amide bonds. The molecule has 0 bridgehead atoms. The van der Waals surface area contributed by atoms with Crippen LogP contribution in [-0.4, -0.2) is 54.8 Å². The van der Waals surface area contributed by atoms with Crippen LogP contribution in [0.3, 0.4) is 0 Å². The summed E-state index contributed by atoms with van der Waals surface area (Å²) in [6, 6.07) is 14.3. The van der Waals surface area contributed by atoms with E-state index in [0.717, 1.165) is 12.0 Å². The first kappa shape index (κ1) is 28.1. The van der Waals surface area contributed by atoms with Gasteiger partial charge in [0.15, 0.2) is 18.1 Å². The molecule has 0 spiro atoms. The Kier molecular flexibility index (Phi) is 8.51. The molecule has 0 radical (unpaired) electrons. The van der Waals surface area contributed by atoms with Crippen molar-refractivity contribution in [2.45, 2.75) is 17.7 Å². The number of fused-ring (bicyclic) bond motifs is 1. The quantitative estimate of drug-likeness (QED) is 0.376. The summed E-state index contributed by atoms with van der Waals surface area (Å²) in [5.41, 5.74) is 1.80. The molecule has 39 heavy (non-hydrogen) atoms. The SMILES string of the molecule is COC(=O)c1cc(OC)c(OC)cc1NC(=O)COc1ccc(S(=O)(=O)N2CCCc3ccccc32)cc1Cl. The van der Waals surface area contributed by atoms with Gasteiger partial charge in [0.1, 0.15) is 5.75 Å². The van der Waals surface area contributed by atoms with E-state index >= 15 is 0 Å². The Labute approximate surface area is 231 Å². The highest BCUT2D eigenvalue weighted by Crippen LogP contribution is 2.35. The maximum atomic E-state index is 13.4. The molecule has 0 aromatic heterocycles. The lowest BCUT2D eigenvalue weighted by Gasteiger charge is -2.30. The van der Waals surface area contributed by atoms with Crippen LogP contribution in [0.2, 0.25) is 5.02 Å². The fourth-order valence-corrected chi connectivity index (χ4v) is 6.09. The number of para-hydroxylation sites is 1. The number of carbonyl (C=O) groups is 2. The summed E-state index contributed by atoms with van der Waals surface area (Å²) in [4.78, 5) is 24.9. The number of aryl methyl sites for hydroxylation is 1. The first-order chi connectivity index (χ1) is 18.7. The van der Waals surface area contributed by atoms with Crippen LogP contribution in [0.4, 0.5) is 11.4 Å². The van der Waals surface area contributed by atoms with Gasteiger partial charge in [-0.05, 0) is 42.7 Å². The van der Waals surface area contributed by atoms with Gasteiger partial charge in [-0.2, -0.15) is 0 Å². The second kappa shape index (κ2) is 11.8. The minimum absolute atomic E-state index is 0.00838. The summed E-state index contributed by atoms with van der Waals surface area (Å²) in [5, 5.41) is 2.61. The Balaban J connectivity index is 1.49. The lowest BCUT2D eigenvalue weighted by atomic mass is 10.0. The fraction of sp³-hybridized carbons (Fsp3) is 0.259. The van der Waals surface area contributed by atoms with Crippen LogP contribution in [-0.2, 0) is 26.0 Å². The van der Waals surface area contributed by atoms with Crippen LogP contribution in [0.25, 0.3) is 0 Å². The molecule has 1 heterocycles. The molecule has 0 saturated carbocycles. The molecule has 1 aliphatic heterocycles. The zero-order valence-electron chi connectivity index (χ0n) is 21.5. The van der Waals surface area contributed by atoms with Crippen LogP contribution in [0.5, 0.6) is 17.2 Å². The van der Waals surface area contributed by atoms with E-state index in [9.17, 15) is 18.0 Å². The number of nitrogens with zero attached hydrogens (tertiary/aromatic N) is 1. The van der Waals surface area contributed by atoms with Crippen LogP contribution < -0.4 is 23.8 Å². The highest BCUT2D eigenvalue weighted by Gasteiger charge is 2.29. The van der Waals surface area contributed by atoms with Crippen molar-refractivity contribution in [1.82, 2.24) is 0 Å². The summed E-state index contributed by atoms with van der Waals surface area (Å²) < 4.78 is 49.0. The summed E-state index contributed by atoms with van der Waals surface area (Å²) in [6.07, 6.45) is 1.51. The molecule has 206 valence electrons. The highest BCUT2D eigenvalue weighted by molar-refractivity contribution is 7.92. The molecule has 1 aliphatic rings. The van der Waals surface area contributed by atoms with Crippen molar-refractivity contribution in [3.63, 3.8) is 0 Å². The normalized spacial score (nSPS) is 12.8. The van der Waals surface area contributed by atoms with E-state index in [1.54, 1.807) is 12.1 Å². The molecular formula is C27H27ClN2O8S. The van der Waals surface area contributed by atoms with Gasteiger partial charge in [-0.3, -0.25) is 9.10 Å². The molecule has 0 saturated heterocycles. The lowest BCUT2D eigenvalue weighted by Crippen LogP contribution is -2.35. The van der Waals surface area contributed by atoms with Crippen molar-refractivity contribution in [2.75, 3.05) is 44.1 Å². The predicted molar refractivity (Wildman–Crippen MR) is 146 cm³/mol.